The molecule has 0 bridgehead atoms. The Labute approximate surface area is 105 Å². The second kappa shape index (κ2) is 5.44. The van der Waals surface area contributed by atoms with E-state index in [0.717, 1.165) is 0 Å². The maximum absolute atomic E-state index is 10.6. The van der Waals surface area contributed by atoms with E-state index in [4.69, 9.17) is 9.84 Å². The summed E-state index contributed by atoms with van der Waals surface area (Å²) < 4.78 is 5.56. The smallest absolute Gasteiger partial charge is 0.334 e. The van der Waals surface area contributed by atoms with Crippen LogP contribution in [0.5, 0.6) is 5.75 Å². The molecule has 1 rings (SSSR count). The summed E-state index contributed by atoms with van der Waals surface area (Å²) in [5.41, 5.74) is -0.275. The second-order valence-corrected chi connectivity index (χ2v) is 4.02. The summed E-state index contributed by atoms with van der Waals surface area (Å²) in [6.07, 6.45) is 0. The molecule has 1 aromatic carbocycles. The van der Waals surface area contributed by atoms with Crippen LogP contribution in [0, 0.1) is 10.1 Å². The van der Waals surface area contributed by atoms with Gasteiger partial charge in [0.15, 0.2) is 0 Å². The first-order valence-electron chi connectivity index (χ1n) is 4.39. The molecular formula is C10H8BrNO5. The highest BCUT2D eigenvalue weighted by Crippen LogP contribution is 2.26. The van der Waals surface area contributed by atoms with Gasteiger partial charge < -0.3 is 9.84 Å². The number of benzene rings is 1. The van der Waals surface area contributed by atoms with Gasteiger partial charge in [0.2, 0.25) is 0 Å². The molecule has 0 saturated heterocycles. The molecule has 0 unspecified atom stereocenters. The Kier molecular flexibility index (Phi) is 4.22. The van der Waals surface area contributed by atoms with E-state index in [-0.39, 0.29) is 23.6 Å². The molecule has 6 nitrogen and oxygen atoms in total. The Morgan fingerprint density at radius 2 is 2.18 bits per heavy atom. The van der Waals surface area contributed by atoms with Crippen LogP contribution in [0.15, 0.2) is 34.8 Å². The molecule has 7 heteroatoms. The number of halogens is 1. The molecule has 90 valence electrons. The van der Waals surface area contributed by atoms with Crippen LogP contribution in [0.25, 0.3) is 0 Å². The number of carbonyl (C=O) groups is 1. The van der Waals surface area contributed by atoms with E-state index in [1.165, 1.54) is 18.2 Å². The van der Waals surface area contributed by atoms with Crippen LogP contribution in [-0.4, -0.2) is 22.6 Å². The molecule has 0 heterocycles. The predicted octanol–water partition coefficient (Wildman–Crippen LogP) is 2.38. The van der Waals surface area contributed by atoms with Crippen molar-refractivity contribution in [3.63, 3.8) is 0 Å². The van der Waals surface area contributed by atoms with E-state index in [1.807, 2.05) is 0 Å². The highest BCUT2D eigenvalue weighted by molar-refractivity contribution is 9.10. The Balaban J connectivity index is 2.81. The van der Waals surface area contributed by atoms with Gasteiger partial charge in [0.25, 0.3) is 5.69 Å². The molecule has 0 aliphatic heterocycles. The molecule has 1 aromatic rings. The molecule has 0 saturated carbocycles. The van der Waals surface area contributed by atoms with Gasteiger partial charge >= 0.3 is 5.97 Å². The number of hydrogen-bond acceptors (Lipinski definition) is 4. The molecule has 0 aliphatic carbocycles. The van der Waals surface area contributed by atoms with Crippen LogP contribution in [0.4, 0.5) is 5.69 Å². The van der Waals surface area contributed by atoms with Crippen LogP contribution < -0.4 is 4.74 Å². The number of hydrogen-bond donors (Lipinski definition) is 1. The Morgan fingerprint density at radius 3 is 2.71 bits per heavy atom. The van der Waals surface area contributed by atoms with Crippen molar-refractivity contribution in [2.75, 3.05) is 6.61 Å². The lowest BCUT2D eigenvalue weighted by atomic mass is 10.3. The third kappa shape index (κ3) is 3.87. The maximum Gasteiger partial charge on any atom is 0.334 e. The summed E-state index contributed by atoms with van der Waals surface area (Å²) in [4.78, 5) is 20.5. The van der Waals surface area contributed by atoms with Crippen LogP contribution in [0.1, 0.15) is 0 Å². The number of aliphatic carboxylic acids is 1. The molecule has 1 N–H and O–H groups in total. The number of nitrogens with zero attached hydrogens (tertiary/aromatic N) is 1. The Hall–Kier alpha value is -1.89. The van der Waals surface area contributed by atoms with E-state index in [0.29, 0.717) is 4.47 Å². The minimum Gasteiger partial charge on any atom is -0.488 e. The van der Waals surface area contributed by atoms with Crippen LogP contribution in [0.3, 0.4) is 0 Å². The molecule has 0 radical (unpaired) electrons. The van der Waals surface area contributed by atoms with Gasteiger partial charge in [-0.3, -0.25) is 10.1 Å². The lowest BCUT2D eigenvalue weighted by molar-refractivity contribution is -0.385. The second-order valence-electron chi connectivity index (χ2n) is 3.10. The van der Waals surface area contributed by atoms with Gasteiger partial charge in [0, 0.05) is 10.5 Å². The number of carboxylic acids is 1. The topological polar surface area (TPSA) is 89.7 Å². The van der Waals surface area contributed by atoms with Crippen LogP contribution in [0.2, 0.25) is 0 Å². The van der Waals surface area contributed by atoms with Crippen molar-refractivity contribution in [1.29, 1.82) is 0 Å². The summed E-state index contributed by atoms with van der Waals surface area (Å²) in [5, 5.41) is 19.1. The summed E-state index contributed by atoms with van der Waals surface area (Å²) in [6, 6.07) is 4.03. The largest absolute Gasteiger partial charge is 0.488 e. The number of carboxylic acid groups (broad SMARTS) is 1. The van der Waals surface area contributed by atoms with Crippen molar-refractivity contribution in [3.05, 3.63) is 44.9 Å². The van der Waals surface area contributed by atoms with Crippen molar-refractivity contribution in [2.24, 2.45) is 0 Å². The van der Waals surface area contributed by atoms with Crippen molar-refractivity contribution < 1.29 is 19.6 Å². The van der Waals surface area contributed by atoms with Crippen LogP contribution in [-0.2, 0) is 4.79 Å². The fraction of sp³-hybridized carbons (Fsp3) is 0.100. The lowest BCUT2D eigenvalue weighted by Crippen LogP contribution is -2.08. The fourth-order valence-corrected chi connectivity index (χ4v) is 1.43. The van der Waals surface area contributed by atoms with Gasteiger partial charge in [0.1, 0.15) is 12.4 Å². The van der Waals surface area contributed by atoms with Crippen molar-refractivity contribution in [3.8, 4) is 5.75 Å². The van der Waals surface area contributed by atoms with Gasteiger partial charge in [-0.25, -0.2) is 4.79 Å². The zero-order valence-electron chi connectivity index (χ0n) is 8.55. The maximum atomic E-state index is 10.6. The quantitative estimate of drug-likeness (QED) is 0.512. The number of nitro benzene ring substituents is 1. The normalized spacial score (nSPS) is 9.71. The van der Waals surface area contributed by atoms with Gasteiger partial charge in [-0.05, 0) is 6.07 Å². The minimum atomic E-state index is -1.17. The summed E-state index contributed by atoms with van der Waals surface area (Å²) in [6.45, 7) is 3.05. The van der Waals surface area contributed by atoms with Gasteiger partial charge in [-0.15, -0.1) is 0 Å². The number of nitro groups is 1. The molecule has 0 atom stereocenters. The first kappa shape index (κ1) is 13.2. The molecule has 0 fully saturated rings. The van der Waals surface area contributed by atoms with Crippen molar-refractivity contribution in [1.82, 2.24) is 0 Å². The molecule has 0 aliphatic rings. The third-order valence-electron chi connectivity index (χ3n) is 1.78. The van der Waals surface area contributed by atoms with E-state index in [1.54, 1.807) is 0 Å². The zero-order chi connectivity index (χ0) is 13.0. The average Bonchev–Trinajstić information content (AvgIpc) is 2.24. The standard InChI is InChI=1S/C10H8BrNO5/c1-6(10(13)14)5-17-9-3-7(11)2-8(4-9)12(15)16/h2-4H,1,5H2,(H,13,14). The van der Waals surface area contributed by atoms with Gasteiger partial charge in [-0.2, -0.15) is 0 Å². The molecular weight excluding hydrogens is 294 g/mol. The van der Waals surface area contributed by atoms with E-state index in [2.05, 4.69) is 22.5 Å². The fourth-order valence-electron chi connectivity index (χ4n) is 0.969. The number of ether oxygens (including phenoxy) is 1. The Morgan fingerprint density at radius 1 is 1.53 bits per heavy atom. The average molecular weight is 302 g/mol. The Bertz CT molecular complexity index is 486. The summed E-state index contributed by atoms with van der Waals surface area (Å²) >= 11 is 3.09. The van der Waals surface area contributed by atoms with Crippen molar-refractivity contribution >= 4 is 27.6 Å². The SMILES string of the molecule is C=C(COc1cc(Br)cc([N+](=O)[O-])c1)C(=O)O. The third-order valence-corrected chi connectivity index (χ3v) is 2.24. The summed E-state index contributed by atoms with van der Waals surface area (Å²) in [7, 11) is 0. The van der Waals surface area contributed by atoms with E-state index < -0.39 is 10.9 Å². The molecule has 0 amide bonds. The van der Waals surface area contributed by atoms with Crippen LogP contribution >= 0.6 is 15.9 Å². The highest BCUT2D eigenvalue weighted by Gasteiger charge is 2.11. The van der Waals surface area contributed by atoms with Gasteiger partial charge in [0.05, 0.1) is 16.6 Å². The highest BCUT2D eigenvalue weighted by atomic mass is 79.9. The van der Waals surface area contributed by atoms with Crippen molar-refractivity contribution in [2.45, 2.75) is 0 Å². The number of rotatable bonds is 5. The molecule has 0 spiro atoms. The predicted molar refractivity (Wildman–Crippen MR) is 63.1 cm³/mol. The molecule has 17 heavy (non-hydrogen) atoms. The zero-order valence-corrected chi connectivity index (χ0v) is 10.1. The van der Waals surface area contributed by atoms with E-state index >= 15 is 0 Å². The summed E-state index contributed by atoms with van der Waals surface area (Å²) in [5.74, 6) is -0.969. The van der Waals surface area contributed by atoms with E-state index in [9.17, 15) is 14.9 Å². The number of non-ortho nitro benzene ring substituents is 1. The first-order chi connectivity index (χ1) is 7.90. The first-order valence-corrected chi connectivity index (χ1v) is 5.18. The molecule has 0 aromatic heterocycles. The minimum absolute atomic E-state index is 0.132. The monoisotopic (exact) mass is 301 g/mol. The van der Waals surface area contributed by atoms with Gasteiger partial charge in [-0.1, -0.05) is 22.5 Å². The lowest BCUT2D eigenvalue weighted by Gasteiger charge is -2.06.